The number of hydrogen-bond donors (Lipinski definition) is 1. The third-order valence-electron chi connectivity index (χ3n) is 6.59. The molecule has 2 aliphatic carbocycles. The van der Waals surface area contributed by atoms with Crippen molar-refractivity contribution in [3.63, 3.8) is 0 Å². The average Bonchev–Trinajstić information content (AvgIpc) is 3.54. The Bertz CT molecular complexity index is 752. The Hall–Kier alpha value is -2.03. The van der Waals surface area contributed by atoms with Crippen LogP contribution in [0.2, 0.25) is 0 Å². The molecule has 9 heteroatoms. The molecule has 1 N–H and O–H groups in total. The molecule has 3 atom stereocenters. The van der Waals surface area contributed by atoms with Gasteiger partial charge in [-0.1, -0.05) is 0 Å². The molecule has 0 bridgehead atoms. The molecule has 0 radical (unpaired) electrons. The van der Waals surface area contributed by atoms with Crippen LogP contribution in [0.5, 0.6) is 5.75 Å². The lowest BCUT2D eigenvalue weighted by Gasteiger charge is -2.34. The molecule has 6 nitrogen and oxygen atoms in total. The standard InChI is InChI=1S/C21H27F3N2O4/c22-21(23,24)14-3-1-13(2-4-14)12-30-16-7-15(9-25-10-16)26-5-6-29-19(11-26)17-8-18(17)20(27)28/h7,9-10,13-14,17-19H,1-6,8,11-12H2,(H,27,28)/t13?,14?,17-,18-,19-/m1/s1. The van der Waals surface area contributed by atoms with Gasteiger partial charge in [0.05, 0.1) is 49.2 Å². The molecular weight excluding hydrogens is 401 g/mol. The lowest BCUT2D eigenvalue weighted by atomic mass is 9.82. The summed E-state index contributed by atoms with van der Waals surface area (Å²) < 4.78 is 50.0. The van der Waals surface area contributed by atoms with E-state index in [0.717, 1.165) is 5.69 Å². The van der Waals surface area contributed by atoms with Gasteiger partial charge in [0.1, 0.15) is 5.75 Å². The molecule has 3 aliphatic rings. The van der Waals surface area contributed by atoms with Crippen LogP contribution in [0.15, 0.2) is 18.5 Å². The highest BCUT2D eigenvalue weighted by atomic mass is 19.4. The number of carbonyl (C=O) groups is 1. The number of pyridine rings is 1. The summed E-state index contributed by atoms with van der Waals surface area (Å²) >= 11 is 0. The van der Waals surface area contributed by atoms with E-state index in [2.05, 4.69) is 9.88 Å². The lowest BCUT2D eigenvalue weighted by Crippen LogP contribution is -2.44. The fourth-order valence-corrected chi connectivity index (χ4v) is 4.61. The van der Waals surface area contributed by atoms with Crippen LogP contribution in [0.4, 0.5) is 18.9 Å². The maximum atomic E-state index is 12.8. The van der Waals surface area contributed by atoms with Gasteiger partial charge in [-0.3, -0.25) is 9.78 Å². The third-order valence-corrected chi connectivity index (χ3v) is 6.59. The first-order valence-electron chi connectivity index (χ1n) is 10.5. The van der Waals surface area contributed by atoms with E-state index in [-0.39, 0.29) is 36.7 Å². The van der Waals surface area contributed by atoms with E-state index >= 15 is 0 Å². The van der Waals surface area contributed by atoms with Gasteiger partial charge in [-0.05, 0) is 38.0 Å². The molecule has 0 unspecified atom stereocenters. The van der Waals surface area contributed by atoms with Crippen molar-refractivity contribution < 1.29 is 32.5 Å². The van der Waals surface area contributed by atoms with Gasteiger partial charge in [-0.15, -0.1) is 0 Å². The second kappa shape index (κ2) is 8.61. The van der Waals surface area contributed by atoms with Gasteiger partial charge in [0.2, 0.25) is 0 Å². The topological polar surface area (TPSA) is 71.9 Å². The van der Waals surface area contributed by atoms with Gasteiger partial charge >= 0.3 is 12.1 Å². The van der Waals surface area contributed by atoms with E-state index in [1.54, 1.807) is 12.4 Å². The number of ether oxygens (including phenoxy) is 2. The lowest BCUT2D eigenvalue weighted by molar-refractivity contribution is -0.184. The maximum Gasteiger partial charge on any atom is 0.391 e. The first-order chi connectivity index (χ1) is 14.3. The number of hydrogen-bond acceptors (Lipinski definition) is 5. The third kappa shape index (κ3) is 4.99. The van der Waals surface area contributed by atoms with Crippen LogP contribution in [-0.4, -0.2) is 54.6 Å². The highest BCUT2D eigenvalue weighted by molar-refractivity contribution is 5.73. The predicted octanol–water partition coefficient (Wildman–Crippen LogP) is 3.76. The van der Waals surface area contributed by atoms with Crippen molar-refractivity contribution in [1.82, 2.24) is 4.98 Å². The van der Waals surface area contributed by atoms with E-state index in [1.165, 1.54) is 0 Å². The van der Waals surface area contributed by atoms with Gasteiger partial charge < -0.3 is 19.5 Å². The molecule has 1 aromatic heterocycles. The number of morpholine rings is 1. The summed E-state index contributed by atoms with van der Waals surface area (Å²) in [6, 6.07) is 1.89. The zero-order valence-corrected chi connectivity index (χ0v) is 16.7. The van der Waals surface area contributed by atoms with Crippen LogP contribution < -0.4 is 9.64 Å². The van der Waals surface area contributed by atoms with Crippen LogP contribution in [-0.2, 0) is 9.53 Å². The number of nitrogens with zero attached hydrogens (tertiary/aromatic N) is 2. The quantitative estimate of drug-likeness (QED) is 0.744. The van der Waals surface area contributed by atoms with Crippen molar-refractivity contribution in [3.05, 3.63) is 18.5 Å². The highest BCUT2D eigenvalue weighted by Crippen LogP contribution is 2.44. The van der Waals surface area contributed by atoms with Gasteiger partial charge in [-0.2, -0.15) is 13.2 Å². The molecule has 1 aromatic rings. The molecule has 4 rings (SSSR count). The summed E-state index contributed by atoms with van der Waals surface area (Å²) in [5, 5.41) is 9.14. The molecule has 0 amide bonds. The van der Waals surface area contributed by atoms with Crippen molar-refractivity contribution in [2.75, 3.05) is 31.2 Å². The Morgan fingerprint density at radius 2 is 2.03 bits per heavy atom. The molecule has 2 saturated carbocycles. The Balaban J connectivity index is 1.28. The van der Waals surface area contributed by atoms with Gasteiger partial charge in [0, 0.05) is 25.1 Å². The van der Waals surface area contributed by atoms with Crippen molar-refractivity contribution in [3.8, 4) is 5.75 Å². The zero-order chi connectivity index (χ0) is 21.3. The van der Waals surface area contributed by atoms with E-state index < -0.39 is 18.1 Å². The van der Waals surface area contributed by atoms with Crippen LogP contribution in [0.1, 0.15) is 32.1 Å². The van der Waals surface area contributed by atoms with Gasteiger partial charge in [-0.25, -0.2) is 0 Å². The minimum atomic E-state index is -4.09. The molecule has 2 heterocycles. The van der Waals surface area contributed by atoms with Crippen LogP contribution in [0.3, 0.4) is 0 Å². The Morgan fingerprint density at radius 1 is 1.27 bits per heavy atom. The summed E-state index contributed by atoms with van der Waals surface area (Å²) in [6.07, 6.45) is 1.20. The molecule has 0 aromatic carbocycles. The van der Waals surface area contributed by atoms with Crippen LogP contribution in [0.25, 0.3) is 0 Å². The minimum Gasteiger partial charge on any atom is -0.492 e. The summed E-state index contributed by atoms with van der Waals surface area (Å²) in [6.45, 7) is 2.22. The van der Waals surface area contributed by atoms with Crippen LogP contribution in [0, 0.1) is 23.7 Å². The summed E-state index contributed by atoms with van der Waals surface area (Å²) in [5.74, 6) is -1.46. The summed E-state index contributed by atoms with van der Waals surface area (Å²) in [7, 11) is 0. The molecule has 166 valence electrons. The number of aromatic nitrogens is 1. The van der Waals surface area contributed by atoms with Crippen molar-refractivity contribution in [2.24, 2.45) is 23.7 Å². The molecule has 3 fully saturated rings. The van der Waals surface area contributed by atoms with E-state index in [9.17, 15) is 18.0 Å². The highest BCUT2D eigenvalue weighted by Gasteiger charge is 2.49. The van der Waals surface area contributed by atoms with Gasteiger partial charge in [0.15, 0.2) is 0 Å². The normalized spacial score (nSPS) is 32.0. The number of aliphatic carboxylic acids is 1. The first-order valence-corrected chi connectivity index (χ1v) is 10.5. The fraction of sp³-hybridized carbons (Fsp3) is 0.714. The van der Waals surface area contributed by atoms with Crippen LogP contribution >= 0.6 is 0 Å². The van der Waals surface area contributed by atoms with E-state index in [0.29, 0.717) is 51.3 Å². The number of carboxylic acid groups (broad SMARTS) is 1. The van der Waals surface area contributed by atoms with E-state index in [1.807, 2.05) is 6.07 Å². The van der Waals surface area contributed by atoms with Crippen molar-refractivity contribution >= 4 is 11.7 Å². The molecule has 1 aliphatic heterocycles. The fourth-order valence-electron chi connectivity index (χ4n) is 4.61. The van der Waals surface area contributed by atoms with Gasteiger partial charge in [0.25, 0.3) is 0 Å². The minimum absolute atomic E-state index is 0.0597. The molecule has 1 saturated heterocycles. The number of rotatable bonds is 6. The average molecular weight is 428 g/mol. The monoisotopic (exact) mass is 428 g/mol. The predicted molar refractivity (Wildman–Crippen MR) is 102 cm³/mol. The molecular formula is C21H27F3N2O4. The Kier molecular flexibility index (Phi) is 6.09. The maximum absolute atomic E-state index is 12.8. The smallest absolute Gasteiger partial charge is 0.391 e. The number of alkyl halides is 3. The van der Waals surface area contributed by atoms with Crippen molar-refractivity contribution in [2.45, 2.75) is 44.4 Å². The molecule has 0 spiro atoms. The van der Waals surface area contributed by atoms with Crippen molar-refractivity contribution in [1.29, 1.82) is 0 Å². The summed E-state index contributed by atoms with van der Waals surface area (Å²) in [4.78, 5) is 17.5. The Morgan fingerprint density at radius 3 is 2.70 bits per heavy atom. The largest absolute Gasteiger partial charge is 0.492 e. The summed E-state index contributed by atoms with van der Waals surface area (Å²) in [5.41, 5.74) is 0.883. The Labute approximate surface area is 173 Å². The molecule has 30 heavy (non-hydrogen) atoms. The number of halogens is 3. The number of anilines is 1. The SMILES string of the molecule is O=C(O)[C@@H]1C[C@H]1[C@H]1CN(c2cncc(OCC3CCC(C(F)(F)F)CC3)c2)CCO1. The first kappa shape index (κ1) is 21.2. The second-order valence-electron chi connectivity index (χ2n) is 8.65. The number of carboxylic acids is 1. The zero-order valence-electron chi connectivity index (χ0n) is 16.7. The van der Waals surface area contributed by atoms with E-state index in [4.69, 9.17) is 14.6 Å². The second-order valence-corrected chi connectivity index (χ2v) is 8.65.